The van der Waals surface area contributed by atoms with Gasteiger partial charge >= 0.3 is 0 Å². The van der Waals surface area contributed by atoms with Crippen LogP contribution in [0.25, 0.3) is 0 Å². The summed E-state index contributed by atoms with van der Waals surface area (Å²) in [5.41, 5.74) is 1.54. The number of ether oxygens (including phenoxy) is 2. The van der Waals surface area contributed by atoms with Gasteiger partial charge in [-0.1, -0.05) is 13.8 Å². The summed E-state index contributed by atoms with van der Waals surface area (Å²) < 4.78 is 37.3. The molecule has 1 rings (SSSR count). The number of hydrogen-bond acceptors (Lipinski definition) is 4. The maximum atomic E-state index is 12.3. The predicted octanol–water partition coefficient (Wildman–Crippen LogP) is 2.05. The summed E-state index contributed by atoms with van der Waals surface area (Å²) >= 11 is 0. The standard InChI is InChI=1S/C14H23NO4S/c1-10(2)12-9-14(11(3)8-13(12)19-5)20(16,17)15-6-7-18-4/h8-10,15H,6-7H2,1-5H3. The first-order valence-electron chi connectivity index (χ1n) is 6.50. The van der Waals surface area contributed by atoms with Gasteiger partial charge in [0.25, 0.3) is 0 Å². The van der Waals surface area contributed by atoms with Gasteiger partial charge in [-0.3, -0.25) is 0 Å². The third-order valence-electron chi connectivity index (χ3n) is 3.04. The predicted molar refractivity (Wildman–Crippen MR) is 78.9 cm³/mol. The Bertz CT molecular complexity index is 553. The van der Waals surface area contributed by atoms with Gasteiger partial charge in [-0.15, -0.1) is 0 Å². The second-order valence-electron chi connectivity index (χ2n) is 4.90. The molecule has 1 aromatic rings. The van der Waals surface area contributed by atoms with Crippen molar-refractivity contribution in [1.82, 2.24) is 4.72 Å². The Morgan fingerprint density at radius 1 is 1.25 bits per heavy atom. The van der Waals surface area contributed by atoms with Crippen LogP contribution in [0.3, 0.4) is 0 Å². The van der Waals surface area contributed by atoms with Gasteiger partial charge in [-0.2, -0.15) is 0 Å². The van der Waals surface area contributed by atoms with Gasteiger partial charge in [-0.25, -0.2) is 13.1 Å². The molecule has 0 unspecified atom stereocenters. The molecule has 114 valence electrons. The number of sulfonamides is 1. The Labute approximate surface area is 121 Å². The summed E-state index contributed by atoms with van der Waals surface area (Å²) in [6, 6.07) is 3.45. The number of benzene rings is 1. The Morgan fingerprint density at radius 2 is 1.90 bits per heavy atom. The Balaban J connectivity index is 3.21. The van der Waals surface area contributed by atoms with E-state index in [1.807, 2.05) is 13.8 Å². The van der Waals surface area contributed by atoms with Gasteiger partial charge in [0.15, 0.2) is 0 Å². The molecule has 0 saturated heterocycles. The molecule has 0 bridgehead atoms. The highest BCUT2D eigenvalue weighted by Gasteiger charge is 2.20. The summed E-state index contributed by atoms with van der Waals surface area (Å²) in [6.45, 7) is 6.36. The molecule has 5 nitrogen and oxygen atoms in total. The highest BCUT2D eigenvalue weighted by atomic mass is 32.2. The van der Waals surface area contributed by atoms with Gasteiger partial charge in [0.05, 0.1) is 18.6 Å². The van der Waals surface area contributed by atoms with Gasteiger partial charge in [-0.05, 0) is 36.1 Å². The largest absolute Gasteiger partial charge is 0.496 e. The third kappa shape index (κ3) is 3.94. The van der Waals surface area contributed by atoms with E-state index in [-0.39, 0.29) is 17.4 Å². The van der Waals surface area contributed by atoms with Crippen molar-refractivity contribution in [3.63, 3.8) is 0 Å². The first-order valence-corrected chi connectivity index (χ1v) is 7.99. The lowest BCUT2D eigenvalue weighted by atomic mass is 10.0. The van der Waals surface area contributed by atoms with Crippen LogP contribution in [0.4, 0.5) is 0 Å². The summed E-state index contributed by atoms with van der Waals surface area (Å²) in [6.07, 6.45) is 0. The van der Waals surface area contributed by atoms with Crippen molar-refractivity contribution in [3.05, 3.63) is 23.3 Å². The number of rotatable bonds is 7. The SMILES string of the molecule is COCCNS(=O)(=O)c1cc(C(C)C)c(OC)cc1C. The Hall–Kier alpha value is -1.11. The van der Waals surface area contributed by atoms with Gasteiger partial charge in [0.1, 0.15) is 5.75 Å². The molecule has 0 atom stereocenters. The van der Waals surface area contributed by atoms with Crippen LogP contribution < -0.4 is 9.46 Å². The number of hydrogen-bond donors (Lipinski definition) is 1. The lowest BCUT2D eigenvalue weighted by molar-refractivity contribution is 0.204. The molecule has 0 aromatic heterocycles. The van der Waals surface area contributed by atoms with Crippen molar-refractivity contribution in [1.29, 1.82) is 0 Å². The van der Waals surface area contributed by atoms with E-state index in [1.165, 1.54) is 7.11 Å². The molecule has 0 radical (unpaired) electrons. The number of methoxy groups -OCH3 is 2. The first kappa shape index (κ1) is 16.9. The normalized spacial score (nSPS) is 11.9. The average Bonchev–Trinajstić information content (AvgIpc) is 2.37. The Morgan fingerprint density at radius 3 is 2.40 bits per heavy atom. The van der Waals surface area contributed by atoms with Crippen LogP contribution in [0.2, 0.25) is 0 Å². The number of nitrogens with one attached hydrogen (secondary N) is 1. The monoisotopic (exact) mass is 301 g/mol. The molecule has 0 aliphatic heterocycles. The molecule has 0 aliphatic carbocycles. The van der Waals surface area contributed by atoms with Crippen LogP contribution in [0.5, 0.6) is 5.75 Å². The smallest absolute Gasteiger partial charge is 0.240 e. The third-order valence-corrected chi connectivity index (χ3v) is 4.64. The van der Waals surface area contributed by atoms with Crippen LogP contribution in [-0.4, -0.2) is 35.8 Å². The summed E-state index contributed by atoms with van der Waals surface area (Å²) in [7, 11) is -0.409. The van der Waals surface area contributed by atoms with Crippen molar-refractivity contribution < 1.29 is 17.9 Å². The fourth-order valence-electron chi connectivity index (χ4n) is 1.95. The lowest BCUT2D eigenvalue weighted by Gasteiger charge is -2.16. The Kier molecular flexibility index (Phi) is 5.98. The van der Waals surface area contributed by atoms with Crippen LogP contribution in [0, 0.1) is 6.92 Å². The minimum Gasteiger partial charge on any atom is -0.496 e. The van der Waals surface area contributed by atoms with Gasteiger partial charge in [0.2, 0.25) is 10.0 Å². The summed E-state index contributed by atoms with van der Waals surface area (Å²) in [5, 5.41) is 0. The summed E-state index contributed by atoms with van der Waals surface area (Å²) in [4.78, 5) is 0.290. The van der Waals surface area contributed by atoms with E-state index >= 15 is 0 Å². The van der Waals surface area contributed by atoms with Crippen molar-refractivity contribution >= 4 is 10.0 Å². The lowest BCUT2D eigenvalue weighted by Crippen LogP contribution is -2.28. The van der Waals surface area contributed by atoms with Crippen molar-refractivity contribution in [3.8, 4) is 5.75 Å². The molecule has 0 heterocycles. The number of aryl methyl sites for hydroxylation is 1. The fourth-order valence-corrected chi connectivity index (χ4v) is 3.22. The topological polar surface area (TPSA) is 64.6 Å². The first-order chi connectivity index (χ1) is 9.33. The van der Waals surface area contributed by atoms with Gasteiger partial charge in [0, 0.05) is 13.7 Å². The van der Waals surface area contributed by atoms with E-state index < -0.39 is 10.0 Å². The minimum absolute atomic E-state index is 0.179. The highest BCUT2D eigenvalue weighted by molar-refractivity contribution is 7.89. The van der Waals surface area contributed by atoms with E-state index in [9.17, 15) is 8.42 Å². The molecule has 1 N–H and O–H groups in total. The molecule has 0 aliphatic rings. The molecule has 0 saturated carbocycles. The zero-order chi connectivity index (χ0) is 15.3. The molecular formula is C14H23NO4S. The van der Waals surface area contributed by atoms with Crippen molar-refractivity contribution in [2.24, 2.45) is 0 Å². The van der Waals surface area contributed by atoms with E-state index in [0.29, 0.717) is 17.9 Å². The maximum absolute atomic E-state index is 12.3. The molecule has 0 spiro atoms. The van der Waals surface area contributed by atoms with Crippen LogP contribution in [-0.2, 0) is 14.8 Å². The van der Waals surface area contributed by atoms with E-state index in [2.05, 4.69) is 4.72 Å². The fraction of sp³-hybridized carbons (Fsp3) is 0.571. The second kappa shape index (κ2) is 7.06. The molecule has 20 heavy (non-hydrogen) atoms. The molecule has 0 amide bonds. The van der Waals surface area contributed by atoms with Crippen LogP contribution in [0.15, 0.2) is 17.0 Å². The highest BCUT2D eigenvalue weighted by Crippen LogP contribution is 2.31. The zero-order valence-corrected chi connectivity index (χ0v) is 13.5. The van der Waals surface area contributed by atoms with Crippen molar-refractivity contribution in [2.45, 2.75) is 31.6 Å². The minimum atomic E-state index is -3.53. The summed E-state index contributed by atoms with van der Waals surface area (Å²) in [5.74, 6) is 0.895. The van der Waals surface area contributed by atoms with Gasteiger partial charge < -0.3 is 9.47 Å². The maximum Gasteiger partial charge on any atom is 0.240 e. The molecule has 0 fully saturated rings. The second-order valence-corrected chi connectivity index (χ2v) is 6.64. The van der Waals surface area contributed by atoms with Crippen LogP contribution >= 0.6 is 0 Å². The molecular weight excluding hydrogens is 278 g/mol. The van der Waals surface area contributed by atoms with Crippen molar-refractivity contribution in [2.75, 3.05) is 27.4 Å². The molecule has 6 heteroatoms. The van der Waals surface area contributed by atoms with Crippen LogP contribution in [0.1, 0.15) is 30.9 Å². The van der Waals surface area contributed by atoms with E-state index in [4.69, 9.17) is 9.47 Å². The average molecular weight is 301 g/mol. The van der Waals surface area contributed by atoms with E-state index in [1.54, 1.807) is 26.2 Å². The van der Waals surface area contributed by atoms with E-state index in [0.717, 1.165) is 5.56 Å². The molecule has 1 aromatic carbocycles. The zero-order valence-electron chi connectivity index (χ0n) is 12.7. The quantitative estimate of drug-likeness (QED) is 0.783.